The van der Waals surface area contributed by atoms with Gasteiger partial charge in [0.05, 0.1) is 31.3 Å². The van der Waals surface area contributed by atoms with Crippen LogP contribution in [0.25, 0.3) is 0 Å². The molecular weight excluding hydrogens is 298 g/mol. The molecule has 112 valence electrons. The first-order valence-corrected chi connectivity index (χ1v) is 6.94. The second-order valence-corrected chi connectivity index (χ2v) is 4.94. The van der Waals surface area contributed by atoms with Crippen molar-refractivity contribution in [3.8, 4) is 5.75 Å². The number of non-ortho nitro benzene ring substituents is 1. The zero-order chi connectivity index (χ0) is 15.2. The summed E-state index contributed by atoms with van der Waals surface area (Å²) in [6, 6.07) is 4.57. The van der Waals surface area contributed by atoms with E-state index in [-0.39, 0.29) is 12.3 Å². The number of aliphatic hydroxyl groups is 1. The Labute approximate surface area is 124 Å². The van der Waals surface area contributed by atoms with Gasteiger partial charge in [-0.2, -0.15) is 0 Å². The maximum Gasteiger partial charge on any atom is 0.273 e. The highest BCUT2D eigenvalue weighted by Crippen LogP contribution is 2.27. The average Bonchev–Trinajstić information content (AvgIpc) is 2.92. The molecule has 1 N–H and O–H groups in total. The molecule has 1 aromatic heterocycles. The van der Waals surface area contributed by atoms with E-state index in [1.54, 1.807) is 6.07 Å². The molecular formula is C11H13N5O4S. The minimum atomic E-state index is -0.466. The minimum Gasteiger partial charge on any atom is -0.496 e. The summed E-state index contributed by atoms with van der Waals surface area (Å²) in [7, 11) is 1.46. The van der Waals surface area contributed by atoms with Crippen LogP contribution in [0, 0.1) is 10.1 Å². The number of thioether (sulfide) groups is 1. The standard InChI is InChI=1S/C11H13N5O4S/c1-20-10-5-8(4-9(6-10)16(18)19)7-21-11-12-13-14-15(11)2-3-17/h4-6,17H,2-3,7H2,1H3. The predicted molar refractivity (Wildman–Crippen MR) is 74.1 cm³/mol. The van der Waals surface area contributed by atoms with E-state index in [0.717, 1.165) is 5.56 Å². The molecule has 0 aliphatic rings. The maximum absolute atomic E-state index is 10.9. The van der Waals surface area contributed by atoms with Crippen LogP contribution in [0.2, 0.25) is 0 Å². The Hall–Kier alpha value is -2.20. The first-order chi connectivity index (χ1) is 10.1. The van der Waals surface area contributed by atoms with Crippen LogP contribution in [-0.4, -0.2) is 44.0 Å². The van der Waals surface area contributed by atoms with E-state index in [1.165, 1.54) is 35.7 Å². The van der Waals surface area contributed by atoms with Crippen molar-refractivity contribution >= 4 is 17.4 Å². The van der Waals surface area contributed by atoms with Gasteiger partial charge in [0.2, 0.25) is 5.16 Å². The number of nitrogens with zero attached hydrogens (tertiary/aromatic N) is 5. The van der Waals surface area contributed by atoms with Crippen LogP contribution in [0.15, 0.2) is 23.4 Å². The van der Waals surface area contributed by atoms with Crippen molar-refractivity contribution in [3.63, 3.8) is 0 Å². The Balaban J connectivity index is 2.13. The zero-order valence-electron chi connectivity index (χ0n) is 11.2. The van der Waals surface area contributed by atoms with Gasteiger partial charge in [-0.25, -0.2) is 4.68 Å². The van der Waals surface area contributed by atoms with Crippen molar-refractivity contribution in [2.75, 3.05) is 13.7 Å². The highest BCUT2D eigenvalue weighted by atomic mass is 32.2. The number of hydrogen-bond donors (Lipinski definition) is 1. The van der Waals surface area contributed by atoms with Gasteiger partial charge in [-0.05, 0) is 22.1 Å². The summed E-state index contributed by atoms with van der Waals surface area (Å²) in [4.78, 5) is 10.4. The number of nitro benzene ring substituents is 1. The molecule has 0 atom stereocenters. The van der Waals surface area contributed by atoms with Gasteiger partial charge in [-0.3, -0.25) is 10.1 Å². The summed E-state index contributed by atoms with van der Waals surface area (Å²) in [5.41, 5.74) is 0.699. The van der Waals surface area contributed by atoms with Gasteiger partial charge in [-0.1, -0.05) is 11.8 Å². The summed E-state index contributed by atoms with van der Waals surface area (Å²) in [5.74, 6) is 0.874. The summed E-state index contributed by atoms with van der Waals surface area (Å²) >= 11 is 1.32. The lowest BCUT2D eigenvalue weighted by molar-refractivity contribution is -0.385. The lowest BCUT2D eigenvalue weighted by atomic mass is 10.2. The molecule has 0 saturated heterocycles. The third kappa shape index (κ3) is 3.89. The normalized spacial score (nSPS) is 10.6. The van der Waals surface area contributed by atoms with E-state index >= 15 is 0 Å². The molecule has 0 aliphatic carbocycles. The van der Waals surface area contributed by atoms with Gasteiger partial charge in [0, 0.05) is 11.8 Å². The van der Waals surface area contributed by atoms with E-state index in [2.05, 4.69) is 15.5 Å². The highest BCUT2D eigenvalue weighted by Gasteiger charge is 2.12. The molecule has 10 heteroatoms. The number of rotatable bonds is 7. The molecule has 0 bridgehead atoms. The van der Waals surface area contributed by atoms with E-state index in [1.807, 2.05) is 0 Å². The van der Waals surface area contributed by atoms with Crippen molar-refractivity contribution in [1.82, 2.24) is 20.2 Å². The minimum absolute atomic E-state index is 0.0279. The molecule has 9 nitrogen and oxygen atoms in total. The molecule has 2 aromatic rings. The predicted octanol–water partition coefficient (Wildman–Crippen LogP) is 0.874. The van der Waals surface area contributed by atoms with Crippen molar-refractivity contribution in [1.29, 1.82) is 0 Å². The summed E-state index contributed by atoms with van der Waals surface area (Å²) in [6.07, 6.45) is 0. The molecule has 0 radical (unpaired) electrons. The van der Waals surface area contributed by atoms with Gasteiger partial charge in [0.1, 0.15) is 5.75 Å². The van der Waals surface area contributed by atoms with Gasteiger partial charge >= 0.3 is 0 Å². The second-order valence-electron chi connectivity index (χ2n) is 3.99. The van der Waals surface area contributed by atoms with Crippen LogP contribution in [0.3, 0.4) is 0 Å². The third-order valence-electron chi connectivity index (χ3n) is 2.58. The lowest BCUT2D eigenvalue weighted by Crippen LogP contribution is -2.05. The number of hydrogen-bond acceptors (Lipinski definition) is 8. The first kappa shape index (κ1) is 15.2. The topological polar surface area (TPSA) is 116 Å². The SMILES string of the molecule is COc1cc(CSc2nnnn2CCO)cc([N+](=O)[O-])c1. The molecule has 0 spiro atoms. The Morgan fingerprint density at radius 1 is 1.48 bits per heavy atom. The molecule has 0 unspecified atom stereocenters. The van der Waals surface area contributed by atoms with Crippen molar-refractivity contribution in [2.24, 2.45) is 0 Å². The fourth-order valence-corrected chi connectivity index (χ4v) is 2.47. The van der Waals surface area contributed by atoms with Crippen LogP contribution in [0.1, 0.15) is 5.56 Å². The lowest BCUT2D eigenvalue weighted by Gasteiger charge is -2.05. The number of aromatic nitrogens is 4. The largest absolute Gasteiger partial charge is 0.496 e. The Kier molecular flexibility index (Phi) is 5.06. The average molecular weight is 311 g/mol. The van der Waals surface area contributed by atoms with Crippen molar-refractivity contribution < 1.29 is 14.8 Å². The molecule has 0 saturated carbocycles. The monoisotopic (exact) mass is 311 g/mol. The molecule has 1 heterocycles. The molecule has 1 aromatic carbocycles. The summed E-state index contributed by atoms with van der Waals surface area (Å²) in [6.45, 7) is 0.233. The van der Waals surface area contributed by atoms with Gasteiger partial charge in [0.15, 0.2) is 0 Å². The third-order valence-corrected chi connectivity index (χ3v) is 3.60. The van der Waals surface area contributed by atoms with E-state index < -0.39 is 4.92 Å². The van der Waals surface area contributed by atoms with E-state index in [9.17, 15) is 10.1 Å². The number of methoxy groups -OCH3 is 1. The first-order valence-electron chi connectivity index (χ1n) is 5.96. The van der Waals surface area contributed by atoms with Crippen LogP contribution in [-0.2, 0) is 12.3 Å². The smallest absolute Gasteiger partial charge is 0.273 e. The van der Waals surface area contributed by atoms with Crippen molar-refractivity contribution in [2.45, 2.75) is 17.5 Å². The van der Waals surface area contributed by atoms with Gasteiger partial charge in [-0.15, -0.1) is 5.10 Å². The Bertz CT molecular complexity index is 633. The van der Waals surface area contributed by atoms with E-state index in [0.29, 0.717) is 23.2 Å². The maximum atomic E-state index is 10.9. The summed E-state index contributed by atoms with van der Waals surface area (Å²) < 4.78 is 6.52. The van der Waals surface area contributed by atoms with Gasteiger partial charge in [0.25, 0.3) is 5.69 Å². The molecule has 0 fully saturated rings. The fourth-order valence-electron chi connectivity index (χ4n) is 1.63. The van der Waals surface area contributed by atoms with Crippen LogP contribution >= 0.6 is 11.8 Å². The fraction of sp³-hybridized carbons (Fsp3) is 0.364. The Morgan fingerprint density at radius 2 is 2.29 bits per heavy atom. The van der Waals surface area contributed by atoms with Gasteiger partial charge < -0.3 is 9.84 Å². The molecule has 2 rings (SSSR count). The quantitative estimate of drug-likeness (QED) is 0.455. The second kappa shape index (κ2) is 6.99. The van der Waals surface area contributed by atoms with Crippen LogP contribution in [0.4, 0.5) is 5.69 Å². The molecule has 0 aliphatic heterocycles. The number of ether oxygens (including phenoxy) is 1. The number of tetrazole rings is 1. The summed E-state index contributed by atoms with van der Waals surface area (Å²) in [5, 5.41) is 31.4. The van der Waals surface area contributed by atoms with Crippen LogP contribution < -0.4 is 4.74 Å². The highest BCUT2D eigenvalue weighted by molar-refractivity contribution is 7.98. The molecule has 0 amide bonds. The van der Waals surface area contributed by atoms with E-state index in [4.69, 9.17) is 9.84 Å². The zero-order valence-corrected chi connectivity index (χ0v) is 12.0. The molecule has 21 heavy (non-hydrogen) atoms. The van der Waals surface area contributed by atoms with Crippen LogP contribution in [0.5, 0.6) is 5.75 Å². The Morgan fingerprint density at radius 3 is 2.95 bits per heavy atom. The number of nitro groups is 1. The van der Waals surface area contributed by atoms with Crippen molar-refractivity contribution in [3.05, 3.63) is 33.9 Å². The number of aliphatic hydroxyl groups excluding tert-OH is 1. The number of benzene rings is 1.